The molecule has 1 fully saturated rings. The lowest BCUT2D eigenvalue weighted by Gasteiger charge is -2.29. The molecule has 162 valence electrons. The van der Waals surface area contributed by atoms with Crippen LogP contribution in [0.3, 0.4) is 0 Å². The number of ether oxygens (including phenoxy) is 2. The standard InChI is InChI=1S/C20H31N3O5S/c1-16(20(24)21-9-6-12-22-10-4-3-5-11-22)23(29(2,25)26)17-7-8-18-19(15-17)28-14-13-27-18/h7-8,15-16H,3-6,9-14H2,1-2H3,(H,21,24)/t16-/m1/s1. The van der Waals surface area contributed by atoms with E-state index in [2.05, 4.69) is 10.2 Å². The third-order valence-corrected chi connectivity index (χ3v) is 6.51. The summed E-state index contributed by atoms with van der Waals surface area (Å²) < 4.78 is 37.1. The van der Waals surface area contributed by atoms with Crippen LogP contribution in [0.4, 0.5) is 5.69 Å². The Labute approximate surface area is 173 Å². The molecule has 2 aliphatic rings. The molecule has 8 nitrogen and oxygen atoms in total. The van der Waals surface area contributed by atoms with Gasteiger partial charge in [0.2, 0.25) is 15.9 Å². The lowest BCUT2D eigenvalue weighted by molar-refractivity contribution is -0.121. The molecule has 0 unspecified atom stereocenters. The van der Waals surface area contributed by atoms with Crippen LogP contribution in [0, 0.1) is 0 Å². The molecule has 2 aliphatic heterocycles. The van der Waals surface area contributed by atoms with Crippen molar-refractivity contribution in [3.05, 3.63) is 18.2 Å². The first-order valence-electron chi connectivity index (χ1n) is 10.3. The Morgan fingerprint density at radius 1 is 1.17 bits per heavy atom. The number of amides is 1. The number of carbonyl (C=O) groups is 1. The molecule has 1 N–H and O–H groups in total. The van der Waals surface area contributed by atoms with Gasteiger partial charge in [-0.2, -0.15) is 0 Å². The molecule has 2 heterocycles. The largest absolute Gasteiger partial charge is 0.486 e. The Hall–Kier alpha value is -2.00. The smallest absolute Gasteiger partial charge is 0.243 e. The SMILES string of the molecule is C[C@H](C(=O)NCCCN1CCCCC1)N(c1ccc2c(c1)OCCO2)S(C)(=O)=O. The minimum atomic E-state index is -3.67. The number of anilines is 1. The fourth-order valence-electron chi connectivity index (χ4n) is 3.82. The summed E-state index contributed by atoms with van der Waals surface area (Å²) in [6, 6.07) is 4.04. The van der Waals surface area contributed by atoms with Crippen LogP contribution >= 0.6 is 0 Å². The number of carbonyl (C=O) groups excluding carboxylic acids is 1. The van der Waals surface area contributed by atoms with Crippen molar-refractivity contribution in [2.24, 2.45) is 0 Å². The molecular formula is C20H31N3O5S. The number of hydrogen-bond acceptors (Lipinski definition) is 6. The normalized spacial score (nSPS) is 18.1. The number of benzene rings is 1. The molecule has 1 saturated heterocycles. The van der Waals surface area contributed by atoms with Crippen LogP contribution in [0.25, 0.3) is 0 Å². The molecule has 1 aromatic carbocycles. The average molecular weight is 426 g/mol. The molecule has 0 spiro atoms. The molecule has 0 aliphatic carbocycles. The first-order chi connectivity index (χ1) is 13.9. The van der Waals surface area contributed by atoms with Crippen LogP contribution in [0.2, 0.25) is 0 Å². The predicted molar refractivity (Wildman–Crippen MR) is 112 cm³/mol. The molecule has 9 heteroatoms. The van der Waals surface area contributed by atoms with Gasteiger partial charge in [0.25, 0.3) is 0 Å². The van der Waals surface area contributed by atoms with E-state index >= 15 is 0 Å². The number of rotatable bonds is 8. The fourth-order valence-corrected chi connectivity index (χ4v) is 4.99. The minimum Gasteiger partial charge on any atom is -0.486 e. The van der Waals surface area contributed by atoms with Crippen molar-refractivity contribution in [2.45, 2.75) is 38.6 Å². The monoisotopic (exact) mass is 425 g/mol. The second-order valence-corrected chi connectivity index (χ2v) is 9.47. The number of likely N-dealkylation sites (tertiary alicyclic amines) is 1. The van der Waals surface area contributed by atoms with Crippen LogP contribution in [0.1, 0.15) is 32.6 Å². The Morgan fingerprint density at radius 3 is 2.55 bits per heavy atom. The summed E-state index contributed by atoms with van der Waals surface area (Å²) in [6.45, 7) is 6.18. The van der Waals surface area contributed by atoms with Gasteiger partial charge in [-0.3, -0.25) is 9.10 Å². The zero-order chi connectivity index (χ0) is 20.9. The molecule has 0 radical (unpaired) electrons. The number of piperidine rings is 1. The predicted octanol–water partition coefficient (Wildman–Crippen LogP) is 1.60. The highest BCUT2D eigenvalue weighted by molar-refractivity contribution is 7.92. The molecule has 0 aromatic heterocycles. The quantitative estimate of drug-likeness (QED) is 0.637. The Balaban J connectivity index is 1.61. The van der Waals surface area contributed by atoms with E-state index in [4.69, 9.17) is 9.47 Å². The molecule has 1 atom stereocenters. The van der Waals surface area contributed by atoms with E-state index in [-0.39, 0.29) is 5.91 Å². The van der Waals surface area contributed by atoms with E-state index in [1.807, 2.05) is 0 Å². The summed E-state index contributed by atoms with van der Waals surface area (Å²) in [6.07, 6.45) is 5.72. The zero-order valence-corrected chi connectivity index (χ0v) is 18.0. The van der Waals surface area contributed by atoms with Gasteiger partial charge < -0.3 is 19.7 Å². The van der Waals surface area contributed by atoms with Crippen molar-refractivity contribution in [2.75, 3.05) is 50.0 Å². The van der Waals surface area contributed by atoms with Crippen molar-refractivity contribution in [1.82, 2.24) is 10.2 Å². The van der Waals surface area contributed by atoms with Crippen molar-refractivity contribution < 1.29 is 22.7 Å². The number of hydrogen-bond donors (Lipinski definition) is 1. The highest BCUT2D eigenvalue weighted by Crippen LogP contribution is 2.35. The number of nitrogens with zero attached hydrogens (tertiary/aromatic N) is 2. The molecule has 0 saturated carbocycles. The molecular weight excluding hydrogens is 394 g/mol. The Morgan fingerprint density at radius 2 is 1.86 bits per heavy atom. The third-order valence-electron chi connectivity index (χ3n) is 5.27. The van der Waals surface area contributed by atoms with Crippen LogP contribution < -0.4 is 19.1 Å². The van der Waals surface area contributed by atoms with E-state index in [1.165, 1.54) is 19.3 Å². The summed E-state index contributed by atoms with van der Waals surface area (Å²) in [5.74, 6) is 0.740. The van der Waals surface area contributed by atoms with Gasteiger partial charge in [0, 0.05) is 12.6 Å². The summed E-state index contributed by atoms with van der Waals surface area (Å²) in [5.41, 5.74) is 0.382. The molecule has 1 amide bonds. The van der Waals surface area contributed by atoms with Gasteiger partial charge in [0.05, 0.1) is 11.9 Å². The zero-order valence-electron chi connectivity index (χ0n) is 17.2. The van der Waals surface area contributed by atoms with Gasteiger partial charge in [0.1, 0.15) is 19.3 Å². The molecule has 1 aromatic rings. The lowest BCUT2D eigenvalue weighted by Crippen LogP contribution is -2.48. The Bertz CT molecular complexity index is 808. The van der Waals surface area contributed by atoms with E-state index in [9.17, 15) is 13.2 Å². The van der Waals surface area contributed by atoms with Crippen LogP contribution in [0.5, 0.6) is 11.5 Å². The maximum atomic E-state index is 12.7. The van der Waals surface area contributed by atoms with Gasteiger partial charge in [-0.05, 0) is 58.0 Å². The number of nitrogens with one attached hydrogen (secondary N) is 1. The minimum absolute atomic E-state index is 0.316. The second kappa shape index (κ2) is 9.67. The number of fused-ring (bicyclic) bond motifs is 1. The highest BCUT2D eigenvalue weighted by atomic mass is 32.2. The molecule has 0 bridgehead atoms. The van der Waals surface area contributed by atoms with E-state index in [0.717, 1.165) is 36.6 Å². The topological polar surface area (TPSA) is 88.2 Å². The van der Waals surface area contributed by atoms with Crippen molar-refractivity contribution in [3.8, 4) is 11.5 Å². The lowest BCUT2D eigenvalue weighted by atomic mass is 10.1. The second-order valence-electron chi connectivity index (χ2n) is 7.61. The fraction of sp³-hybridized carbons (Fsp3) is 0.650. The molecule has 3 rings (SSSR count). The Kier molecular flexibility index (Phi) is 7.23. The first kappa shape index (κ1) is 21.7. The first-order valence-corrected chi connectivity index (χ1v) is 12.1. The van der Waals surface area contributed by atoms with Gasteiger partial charge in [-0.15, -0.1) is 0 Å². The van der Waals surface area contributed by atoms with Crippen molar-refractivity contribution in [3.63, 3.8) is 0 Å². The maximum absolute atomic E-state index is 12.7. The maximum Gasteiger partial charge on any atom is 0.243 e. The summed E-state index contributed by atoms with van der Waals surface area (Å²) >= 11 is 0. The van der Waals surface area contributed by atoms with Gasteiger partial charge in [0.15, 0.2) is 11.5 Å². The van der Waals surface area contributed by atoms with Gasteiger partial charge in [-0.1, -0.05) is 6.42 Å². The van der Waals surface area contributed by atoms with Crippen molar-refractivity contribution in [1.29, 1.82) is 0 Å². The molecule has 29 heavy (non-hydrogen) atoms. The summed E-state index contributed by atoms with van der Waals surface area (Å²) in [7, 11) is -3.67. The van der Waals surface area contributed by atoms with Crippen molar-refractivity contribution >= 4 is 21.6 Å². The summed E-state index contributed by atoms with van der Waals surface area (Å²) in [4.78, 5) is 15.1. The van der Waals surface area contributed by atoms with Crippen LogP contribution in [-0.4, -0.2) is 70.9 Å². The third kappa shape index (κ3) is 5.76. The van der Waals surface area contributed by atoms with E-state index < -0.39 is 16.1 Å². The highest BCUT2D eigenvalue weighted by Gasteiger charge is 2.30. The average Bonchev–Trinajstić information content (AvgIpc) is 2.70. The van der Waals surface area contributed by atoms with E-state index in [0.29, 0.717) is 36.9 Å². The van der Waals surface area contributed by atoms with Crippen LogP contribution in [0.15, 0.2) is 18.2 Å². The summed E-state index contributed by atoms with van der Waals surface area (Å²) in [5, 5.41) is 2.88. The van der Waals surface area contributed by atoms with E-state index in [1.54, 1.807) is 25.1 Å². The van der Waals surface area contributed by atoms with Gasteiger partial charge >= 0.3 is 0 Å². The van der Waals surface area contributed by atoms with Gasteiger partial charge in [-0.25, -0.2) is 8.42 Å². The number of sulfonamides is 1. The van der Waals surface area contributed by atoms with Crippen LogP contribution in [-0.2, 0) is 14.8 Å².